The van der Waals surface area contributed by atoms with E-state index in [4.69, 9.17) is 16.3 Å². The Kier molecular flexibility index (Phi) is 5.94. The van der Waals surface area contributed by atoms with Gasteiger partial charge in [0.1, 0.15) is 28.7 Å². The first-order valence-electron chi connectivity index (χ1n) is 11.1. The molecular formula is C27H23ClFN3O3. The Bertz CT molecular complexity index is 1400. The summed E-state index contributed by atoms with van der Waals surface area (Å²) in [5.41, 5.74) is 4.37. The van der Waals surface area contributed by atoms with Gasteiger partial charge in [-0.2, -0.15) is 5.10 Å². The van der Waals surface area contributed by atoms with E-state index in [2.05, 4.69) is 10.2 Å². The lowest BCUT2D eigenvalue weighted by atomic mass is 9.95. The number of hydrogen-bond donors (Lipinski definition) is 2. The van der Waals surface area contributed by atoms with Crippen LogP contribution in [0.2, 0.25) is 5.02 Å². The third kappa shape index (κ3) is 4.12. The number of aromatic amines is 1. The van der Waals surface area contributed by atoms with Crippen molar-refractivity contribution in [2.75, 3.05) is 13.7 Å². The predicted molar refractivity (Wildman–Crippen MR) is 131 cm³/mol. The molecule has 0 radical (unpaired) electrons. The molecule has 35 heavy (non-hydrogen) atoms. The van der Waals surface area contributed by atoms with Gasteiger partial charge in [-0.15, -0.1) is 0 Å². The highest BCUT2D eigenvalue weighted by Crippen LogP contribution is 2.45. The van der Waals surface area contributed by atoms with Crippen molar-refractivity contribution in [3.63, 3.8) is 0 Å². The number of amides is 1. The van der Waals surface area contributed by atoms with Gasteiger partial charge in [0.25, 0.3) is 5.91 Å². The fourth-order valence-corrected chi connectivity index (χ4v) is 4.69. The minimum atomic E-state index is -0.510. The SMILES string of the molecule is COc1ccc(CCN2C(=O)c3[nH]nc(-c4cc(Cl)c(C)cc4O)c3[C@H]2c2ccc(F)cc2)cc1. The highest BCUT2D eigenvalue weighted by atomic mass is 35.5. The van der Waals surface area contributed by atoms with Crippen LogP contribution in [0.1, 0.15) is 38.8 Å². The molecule has 1 amide bonds. The van der Waals surface area contributed by atoms with Gasteiger partial charge in [-0.25, -0.2) is 4.39 Å². The van der Waals surface area contributed by atoms with Crippen LogP contribution < -0.4 is 4.74 Å². The summed E-state index contributed by atoms with van der Waals surface area (Å²) in [4.78, 5) is 15.2. The third-order valence-electron chi connectivity index (χ3n) is 6.38. The maximum atomic E-state index is 13.7. The van der Waals surface area contributed by atoms with Gasteiger partial charge in [0.05, 0.1) is 13.2 Å². The maximum absolute atomic E-state index is 13.7. The van der Waals surface area contributed by atoms with E-state index in [0.29, 0.717) is 40.5 Å². The predicted octanol–water partition coefficient (Wildman–Crippen LogP) is 5.68. The Hall–Kier alpha value is -3.84. The molecule has 8 heteroatoms. The number of ether oxygens (including phenoxy) is 1. The lowest BCUT2D eigenvalue weighted by Gasteiger charge is -2.26. The number of benzene rings is 3. The number of aromatic nitrogens is 2. The summed E-state index contributed by atoms with van der Waals surface area (Å²) in [5, 5.41) is 18.4. The molecule has 1 aliphatic heterocycles. The van der Waals surface area contributed by atoms with Crippen LogP contribution in [-0.2, 0) is 6.42 Å². The van der Waals surface area contributed by atoms with E-state index in [-0.39, 0.29) is 17.5 Å². The lowest BCUT2D eigenvalue weighted by molar-refractivity contribution is 0.0746. The topological polar surface area (TPSA) is 78.5 Å². The van der Waals surface area contributed by atoms with Gasteiger partial charge in [-0.3, -0.25) is 9.89 Å². The number of fused-ring (bicyclic) bond motifs is 1. The first-order valence-corrected chi connectivity index (χ1v) is 11.5. The quantitative estimate of drug-likeness (QED) is 0.364. The molecule has 1 atom stereocenters. The number of phenolic OH excluding ortho intramolecular Hbond substituents is 1. The number of nitrogens with one attached hydrogen (secondary N) is 1. The van der Waals surface area contributed by atoms with E-state index < -0.39 is 6.04 Å². The molecule has 0 fully saturated rings. The van der Waals surface area contributed by atoms with Crippen molar-refractivity contribution in [3.05, 3.63) is 99.5 Å². The molecule has 4 aromatic rings. The monoisotopic (exact) mass is 491 g/mol. The normalized spacial score (nSPS) is 14.9. The maximum Gasteiger partial charge on any atom is 0.273 e. The van der Waals surface area contributed by atoms with Crippen LogP contribution in [0.4, 0.5) is 4.39 Å². The summed E-state index contributed by atoms with van der Waals surface area (Å²) >= 11 is 6.34. The largest absolute Gasteiger partial charge is 0.507 e. The molecule has 6 nitrogen and oxygen atoms in total. The Morgan fingerprint density at radius 3 is 2.54 bits per heavy atom. The van der Waals surface area contributed by atoms with Gasteiger partial charge in [-0.1, -0.05) is 35.9 Å². The Labute approximate surface area is 206 Å². The summed E-state index contributed by atoms with van der Waals surface area (Å²) in [6.07, 6.45) is 0.613. The van der Waals surface area contributed by atoms with Crippen molar-refractivity contribution >= 4 is 17.5 Å². The van der Waals surface area contributed by atoms with Crippen molar-refractivity contribution in [1.82, 2.24) is 15.1 Å². The molecule has 3 aromatic carbocycles. The number of phenols is 1. The zero-order valence-electron chi connectivity index (χ0n) is 19.2. The average Bonchev–Trinajstić information content (AvgIpc) is 3.40. The summed E-state index contributed by atoms with van der Waals surface area (Å²) in [5.74, 6) is 0.207. The van der Waals surface area contributed by atoms with Gasteiger partial charge < -0.3 is 14.7 Å². The number of aryl methyl sites for hydroxylation is 1. The summed E-state index contributed by atoms with van der Waals surface area (Å²) in [7, 11) is 1.61. The molecule has 0 bridgehead atoms. The van der Waals surface area contributed by atoms with Crippen LogP contribution in [0.3, 0.4) is 0 Å². The minimum absolute atomic E-state index is 0.0168. The van der Waals surface area contributed by atoms with E-state index in [1.165, 1.54) is 12.1 Å². The zero-order chi connectivity index (χ0) is 24.7. The van der Waals surface area contributed by atoms with Crippen LogP contribution >= 0.6 is 11.6 Å². The molecule has 1 aromatic heterocycles. The molecule has 5 rings (SSSR count). The average molecular weight is 492 g/mol. The molecule has 1 aliphatic rings. The number of H-pyrrole nitrogens is 1. The highest BCUT2D eigenvalue weighted by Gasteiger charge is 2.42. The number of aromatic hydroxyl groups is 1. The fraction of sp³-hybridized carbons (Fsp3) is 0.185. The molecule has 0 saturated heterocycles. The Morgan fingerprint density at radius 1 is 1.14 bits per heavy atom. The first kappa shape index (κ1) is 22.9. The second-order valence-corrected chi connectivity index (χ2v) is 8.94. The van der Waals surface area contributed by atoms with Gasteiger partial charge in [0.15, 0.2) is 0 Å². The van der Waals surface area contributed by atoms with Crippen LogP contribution in [-0.4, -0.2) is 39.8 Å². The smallest absolute Gasteiger partial charge is 0.273 e. The molecule has 0 unspecified atom stereocenters. The van der Waals surface area contributed by atoms with Crippen molar-refractivity contribution in [2.24, 2.45) is 0 Å². The molecule has 0 saturated carbocycles. The molecule has 178 valence electrons. The van der Waals surface area contributed by atoms with E-state index in [9.17, 15) is 14.3 Å². The molecule has 2 heterocycles. The van der Waals surface area contributed by atoms with Crippen LogP contribution in [0.25, 0.3) is 11.3 Å². The third-order valence-corrected chi connectivity index (χ3v) is 6.79. The number of carbonyl (C=O) groups excluding carboxylic acids is 1. The number of methoxy groups -OCH3 is 1. The number of rotatable bonds is 6. The number of carbonyl (C=O) groups is 1. The molecule has 0 spiro atoms. The van der Waals surface area contributed by atoms with Gasteiger partial charge >= 0.3 is 0 Å². The Morgan fingerprint density at radius 2 is 1.86 bits per heavy atom. The van der Waals surface area contributed by atoms with Gasteiger partial charge in [-0.05, 0) is 66.4 Å². The van der Waals surface area contributed by atoms with Crippen molar-refractivity contribution in [1.29, 1.82) is 0 Å². The molecule has 0 aliphatic carbocycles. The first-order chi connectivity index (χ1) is 16.9. The molecule has 2 N–H and O–H groups in total. The van der Waals surface area contributed by atoms with E-state index in [1.807, 2.05) is 24.3 Å². The fourth-order valence-electron chi connectivity index (χ4n) is 4.52. The van der Waals surface area contributed by atoms with Crippen LogP contribution in [0, 0.1) is 12.7 Å². The van der Waals surface area contributed by atoms with E-state index in [1.54, 1.807) is 43.2 Å². The van der Waals surface area contributed by atoms with Crippen LogP contribution in [0.15, 0.2) is 60.7 Å². The van der Waals surface area contributed by atoms with Crippen LogP contribution in [0.5, 0.6) is 11.5 Å². The van der Waals surface area contributed by atoms with E-state index in [0.717, 1.165) is 22.4 Å². The van der Waals surface area contributed by atoms with E-state index >= 15 is 0 Å². The second kappa shape index (κ2) is 9.07. The summed E-state index contributed by atoms with van der Waals surface area (Å²) < 4.78 is 19.0. The second-order valence-electron chi connectivity index (χ2n) is 8.53. The van der Waals surface area contributed by atoms with Crippen molar-refractivity contribution < 1.29 is 19.0 Å². The summed E-state index contributed by atoms with van der Waals surface area (Å²) in [6.45, 7) is 2.22. The van der Waals surface area contributed by atoms with Gasteiger partial charge in [0, 0.05) is 22.7 Å². The minimum Gasteiger partial charge on any atom is -0.507 e. The number of nitrogens with zero attached hydrogens (tertiary/aromatic N) is 2. The number of hydrogen-bond acceptors (Lipinski definition) is 4. The summed E-state index contributed by atoms with van der Waals surface area (Å²) in [6, 6.07) is 16.5. The lowest BCUT2D eigenvalue weighted by Crippen LogP contribution is -2.31. The molecular weight excluding hydrogens is 469 g/mol. The number of halogens is 2. The van der Waals surface area contributed by atoms with Gasteiger partial charge in [0.2, 0.25) is 0 Å². The Balaban J connectivity index is 1.57. The van der Waals surface area contributed by atoms with Crippen molar-refractivity contribution in [3.8, 4) is 22.8 Å². The zero-order valence-corrected chi connectivity index (χ0v) is 19.9. The highest BCUT2D eigenvalue weighted by molar-refractivity contribution is 6.31. The van der Waals surface area contributed by atoms with Crippen molar-refractivity contribution in [2.45, 2.75) is 19.4 Å². The standard InChI is InChI=1S/C27H23ClFN3O3/c1-15-13-22(33)20(14-21(15)28)24-23-25(31-30-24)27(34)32(26(23)17-5-7-18(29)8-6-17)12-11-16-3-9-19(35-2)10-4-16/h3-10,13-14,26,33H,11-12H2,1-2H3,(H,30,31)/t26-/m1/s1.